The minimum atomic E-state index is -4.24. The fourth-order valence-electron chi connectivity index (χ4n) is 3.71. The van der Waals surface area contributed by atoms with Crippen LogP contribution >= 0.6 is 11.8 Å². The Morgan fingerprint density at radius 2 is 1.51 bits per heavy atom. The highest BCUT2D eigenvalue weighted by atomic mass is 32.2. The predicted octanol–water partition coefficient (Wildman–Crippen LogP) is 4.52. The van der Waals surface area contributed by atoms with Crippen LogP contribution in [0.1, 0.15) is 12.0 Å². The molecule has 0 saturated heterocycles. The minimum Gasteiger partial charge on any atom is -0.497 e. The van der Waals surface area contributed by atoms with Gasteiger partial charge in [-0.25, -0.2) is 8.42 Å². The van der Waals surface area contributed by atoms with Crippen molar-refractivity contribution in [2.75, 3.05) is 51.6 Å². The highest BCUT2D eigenvalue weighted by Gasteiger charge is 2.31. The monoisotopic (exact) mass is 574 g/mol. The summed E-state index contributed by atoms with van der Waals surface area (Å²) < 4.78 is 50.1. The van der Waals surface area contributed by atoms with Crippen LogP contribution in [-0.4, -0.2) is 61.6 Å². The van der Waals surface area contributed by atoms with E-state index in [1.165, 1.54) is 58.3 Å². The van der Waals surface area contributed by atoms with Gasteiger partial charge in [-0.1, -0.05) is 17.7 Å². The number of rotatable bonds is 14. The number of nitrogens with one attached hydrogen (secondary N) is 1. The number of amides is 1. The summed E-state index contributed by atoms with van der Waals surface area (Å²) >= 11 is 1.70. The first-order valence-electron chi connectivity index (χ1n) is 12.2. The number of carbonyl (C=O) groups is 1. The molecule has 0 aliphatic carbocycles. The van der Waals surface area contributed by atoms with E-state index in [0.29, 0.717) is 18.0 Å². The van der Waals surface area contributed by atoms with E-state index in [0.717, 1.165) is 21.4 Å². The van der Waals surface area contributed by atoms with Gasteiger partial charge >= 0.3 is 0 Å². The SMILES string of the molecule is COc1ccc(OC)c(N(CC(=O)NCCCSc2ccc(C)cc2)S(=O)(=O)c2ccc(OC)c(OC)c2)c1. The molecule has 0 bridgehead atoms. The van der Waals surface area contributed by atoms with Gasteiger partial charge in [-0.05, 0) is 55.5 Å². The average molecular weight is 575 g/mol. The molecule has 0 aliphatic rings. The molecule has 3 aromatic rings. The van der Waals surface area contributed by atoms with Gasteiger partial charge < -0.3 is 24.3 Å². The number of hydrogen-bond donors (Lipinski definition) is 1. The molecule has 1 amide bonds. The normalized spacial score (nSPS) is 11.0. The van der Waals surface area contributed by atoms with E-state index < -0.39 is 22.5 Å². The van der Waals surface area contributed by atoms with E-state index in [-0.39, 0.29) is 22.1 Å². The van der Waals surface area contributed by atoms with E-state index in [2.05, 4.69) is 29.6 Å². The van der Waals surface area contributed by atoms with Crippen LogP contribution in [0.4, 0.5) is 5.69 Å². The average Bonchev–Trinajstić information content (AvgIpc) is 2.95. The molecule has 9 nitrogen and oxygen atoms in total. The third-order valence-corrected chi connectivity index (χ3v) is 8.67. The van der Waals surface area contributed by atoms with Gasteiger partial charge in [0.15, 0.2) is 11.5 Å². The summed E-state index contributed by atoms with van der Waals surface area (Å²) in [7, 11) is 1.54. The number of thioether (sulfide) groups is 1. The molecule has 0 radical (unpaired) electrons. The van der Waals surface area contributed by atoms with E-state index in [1.54, 1.807) is 23.9 Å². The van der Waals surface area contributed by atoms with Gasteiger partial charge in [0.2, 0.25) is 5.91 Å². The summed E-state index contributed by atoms with van der Waals surface area (Å²) in [5.74, 6) is 1.65. The molecule has 39 heavy (non-hydrogen) atoms. The lowest BCUT2D eigenvalue weighted by molar-refractivity contribution is -0.119. The molecule has 0 saturated carbocycles. The Labute approximate surface area is 234 Å². The molecule has 11 heteroatoms. The molecule has 0 unspecified atom stereocenters. The Kier molecular flexibility index (Phi) is 10.8. The van der Waals surface area contributed by atoms with E-state index in [1.807, 2.05) is 6.92 Å². The Bertz CT molecular complexity index is 1360. The predicted molar refractivity (Wildman–Crippen MR) is 153 cm³/mol. The van der Waals surface area contributed by atoms with Crippen LogP contribution < -0.4 is 28.6 Å². The van der Waals surface area contributed by atoms with Gasteiger partial charge in [0.05, 0.1) is 39.0 Å². The maximum Gasteiger partial charge on any atom is 0.265 e. The van der Waals surface area contributed by atoms with Crippen LogP contribution in [-0.2, 0) is 14.8 Å². The van der Waals surface area contributed by atoms with Crippen LogP contribution in [0.5, 0.6) is 23.0 Å². The van der Waals surface area contributed by atoms with Crippen molar-refractivity contribution in [3.63, 3.8) is 0 Å². The van der Waals surface area contributed by atoms with Crippen LogP contribution in [0.15, 0.2) is 70.5 Å². The van der Waals surface area contributed by atoms with Crippen molar-refractivity contribution in [1.29, 1.82) is 0 Å². The van der Waals surface area contributed by atoms with Crippen LogP contribution in [0.2, 0.25) is 0 Å². The van der Waals surface area contributed by atoms with Gasteiger partial charge in [0.1, 0.15) is 18.0 Å². The molecule has 0 aliphatic heterocycles. The highest BCUT2D eigenvalue weighted by molar-refractivity contribution is 7.99. The smallest absolute Gasteiger partial charge is 0.265 e. The number of aryl methyl sites for hydroxylation is 1. The van der Waals surface area contributed by atoms with Gasteiger partial charge in [-0.15, -0.1) is 11.8 Å². The van der Waals surface area contributed by atoms with Crippen molar-refractivity contribution in [2.45, 2.75) is 23.1 Å². The van der Waals surface area contributed by atoms with E-state index >= 15 is 0 Å². The van der Waals surface area contributed by atoms with E-state index in [4.69, 9.17) is 18.9 Å². The summed E-state index contributed by atoms with van der Waals surface area (Å²) in [6, 6.07) is 17.3. The maximum atomic E-state index is 13.9. The Morgan fingerprint density at radius 1 is 0.846 bits per heavy atom. The number of sulfonamides is 1. The standard InChI is InChI=1S/C28H34N2O7S2/c1-20-7-10-22(11-8-20)38-16-6-15-29-28(31)19-30(24-17-21(34-2)9-13-25(24)35-3)39(32,33)23-12-14-26(36-4)27(18-23)37-5/h7-14,17-18H,6,15-16,19H2,1-5H3,(H,29,31). The molecular weight excluding hydrogens is 540 g/mol. The number of hydrogen-bond acceptors (Lipinski definition) is 8. The maximum absolute atomic E-state index is 13.9. The van der Waals surface area contributed by atoms with E-state index in [9.17, 15) is 13.2 Å². The van der Waals surface area contributed by atoms with Gasteiger partial charge in [0, 0.05) is 23.6 Å². The lowest BCUT2D eigenvalue weighted by Crippen LogP contribution is -2.41. The number of nitrogens with zero attached hydrogens (tertiary/aromatic N) is 1. The highest BCUT2D eigenvalue weighted by Crippen LogP contribution is 2.37. The first-order valence-corrected chi connectivity index (χ1v) is 14.6. The van der Waals surface area contributed by atoms with Crippen molar-refractivity contribution in [3.05, 3.63) is 66.2 Å². The molecule has 3 rings (SSSR count). The Balaban J connectivity index is 1.82. The second-order valence-corrected chi connectivity index (χ2v) is 11.5. The van der Waals surface area contributed by atoms with Crippen LogP contribution in [0.3, 0.4) is 0 Å². The summed E-state index contributed by atoms with van der Waals surface area (Å²) in [5.41, 5.74) is 1.36. The molecule has 3 aromatic carbocycles. The minimum absolute atomic E-state index is 0.0766. The van der Waals surface area contributed by atoms with Crippen molar-refractivity contribution >= 4 is 33.4 Å². The zero-order chi connectivity index (χ0) is 28.4. The van der Waals surface area contributed by atoms with Crippen LogP contribution in [0.25, 0.3) is 0 Å². The first-order chi connectivity index (χ1) is 18.7. The third-order valence-electron chi connectivity index (χ3n) is 5.82. The summed E-state index contributed by atoms with van der Waals surface area (Å²) in [5, 5.41) is 2.83. The molecule has 1 N–H and O–H groups in total. The van der Waals surface area contributed by atoms with Gasteiger partial charge in [-0.2, -0.15) is 0 Å². The fourth-order valence-corrected chi connectivity index (χ4v) is 6.00. The number of benzene rings is 3. The lowest BCUT2D eigenvalue weighted by Gasteiger charge is -2.26. The van der Waals surface area contributed by atoms with Crippen molar-refractivity contribution < 1.29 is 32.2 Å². The quantitative estimate of drug-likeness (QED) is 0.221. The van der Waals surface area contributed by atoms with Gasteiger partial charge in [-0.3, -0.25) is 9.10 Å². The molecule has 0 aromatic heterocycles. The second-order valence-electron chi connectivity index (χ2n) is 8.43. The molecule has 0 heterocycles. The van der Waals surface area contributed by atoms with Crippen LogP contribution in [0, 0.1) is 6.92 Å². The molecule has 210 valence electrons. The Morgan fingerprint density at radius 3 is 2.15 bits per heavy atom. The van der Waals surface area contributed by atoms with Crippen molar-refractivity contribution in [1.82, 2.24) is 5.32 Å². The number of anilines is 1. The second kappa shape index (κ2) is 14.0. The summed E-state index contributed by atoms with van der Waals surface area (Å²) in [6.07, 6.45) is 0.717. The number of carbonyl (C=O) groups excluding carboxylic acids is 1. The third kappa shape index (κ3) is 7.73. The number of methoxy groups -OCH3 is 4. The summed E-state index contributed by atoms with van der Waals surface area (Å²) in [6.45, 7) is 1.97. The first kappa shape index (κ1) is 30.0. The van der Waals surface area contributed by atoms with Crippen molar-refractivity contribution in [2.24, 2.45) is 0 Å². The van der Waals surface area contributed by atoms with Crippen molar-refractivity contribution in [3.8, 4) is 23.0 Å². The summed E-state index contributed by atoms with van der Waals surface area (Å²) in [4.78, 5) is 14.1. The lowest BCUT2D eigenvalue weighted by atomic mass is 10.2. The zero-order valence-corrected chi connectivity index (χ0v) is 24.4. The zero-order valence-electron chi connectivity index (χ0n) is 22.7. The van der Waals surface area contributed by atoms with Gasteiger partial charge in [0.25, 0.3) is 10.0 Å². The fraction of sp³-hybridized carbons (Fsp3) is 0.321. The number of ether oxygens (including phenoxy) is 4. The largest absolute Gasteiger partial charge is 0.497 e. The Hall–Kier alpha value is -3.57. The molecular formula is C28H34N2O7S2. The topological polar surface area (TPSA) is 103 Å². The molecule has 0 atom stereocenters. The molecule has 0 fully saturated rings. The molecule has 0 spiro atoms.